The third kappa shape index (κ3) is 4.06. The number of nitrogens with zero attached hydrogens (tertiary/aromatic N) is 1. The summed E-state index contributed by atoms with van der Waals surface area (Å²) in [6, 6.07) is 23.4. The average molecular weight is 400 g/mol. The molecule has 152 valence electrons. The van der Waals surface area contributed by atoms with Crippen molar-refractivity contribution in [3.8, 4) is 5.75 Å². The van der Waals surface area contributed by atoms with E-state index in [-0.39, 0.29) is 11.8 Å². The van der Waals surface area contributed by atoms with E-state index in [2.05, 4.69) is 11.4 Å². The number of rotatable bonds is 5. The minimum absolute atomic E-state index is 0.129. The maximum Gasteiger partial charge on any atom is 0.254 e. The van der Waals surface area contributed by atoms with Crippen molar-refractivity contribution in [2.24, 2.45) is 0 Å². The van der Waals surface area contributed by atoms with Crippen LogP contribution in [0, 0.1) is 0 Å². The Morgan fingerprint density at radius 3 is 2.37 bits per heavy atom. The quantitative estimate of drug-likeness (QED) is 0.700. The summed E-state index contributed by atoms with van der Waals surface area (Å²) in [5.74, 6) is 0.243. The van der Waals surface area contributed by atoms with Gasteiger partial charge in [-0.25, -0.2) is 0 Å². The monoisotopic (exact) mass is 400 g/mol. The number of hydrogen-bond acceptors (Lipinski definition) is 3. The normalized spacial score (nSPS) is 13.8. The molecule has 0 bridgehead atoms. The van der Waals surface area contributed by atoms with Crippen molar-refractivity contribution in [2.45, 2.75) is 18.9 Å². The van der Waals surface area contributed by atoms with Crippen LogP contribution in [0.4, 0.5) is 5.69 Å². The van der Waals surface area contributed by atoms with Crippen molar-refractivity contribution < 1.29 is 14.3 Å². The number of aryl methyl sites for hydroxylation is 1. The number of carbonyl (C=O) groups is 2. The first-order valence-electron chi connectivity index (χ1n) is 10.1. The molecule has 1 atom stereocenters. The fourth-order valence-corrected chi connectivity index (χ4v) is 3.81. The standard InChI is InChI=1S/C25H24N2O3/c1-30-21-15-13-20(14-16-21)24(28)26-23(19-9-3-2-4-10-19)25(29)27-17-7-11-18-8-5-6-12-22(18)27/h2-6,8-10,12-16,23H,7,11,17H2,1H3,(H,26,28)/t23-/m1/s1. The predicted octanol–water partition coefficient (Wildman–Crippen LogP) is 4.15. The summed E-state index contributed by atoms with van der Waals surface area (Å²) in [4.78, 5) is 28.4. The largest absolute Gasteiger partial charge is 0.497 e. The van der Waals surface area contributed by atoms with Gasteiger partial charge in [0.2, 0.25) is 0 Å². The molecular formula is C25H24N2O3. The number of anilines is 1. The number of amides is 2. The Morgan fingerprint density at radius 1 is 0.933 bits per heavy atom. The molecule has 1 aliphatic rings. The van der Waals surface area contributed by atoms with Gasteiger partial charge >= 0.3 is 0 Å². The SMILES string of the molecule is COc1ccc(C(=O)N[C@@H](C(=O)N2CCCc3ccccc32)c2ccccc2)cc1. The average Bonchev–Trinajstić information content (AvgIpc) is 2.82. The summed E-state index contributed by atoms with van der Waals surface area (Å²) in [6.45, 7) is 0.636. The highest BCUT2D eigenvalue weighted by Crippen LogP contribution is 2.29. The van der Waals surface area contributed by atoms with Crippen LogP contribution in [-0.2, 0) is 11.2 Å². The number of hydrogen-bond donors (Lipinski definition) is 1. The summed E-state index contributed by atoms with van der Waals surface area (Å²) in [5, 5.41) is 2.94. The minimum atomic E-state index is -0.771. The number of para-hydroxylation sites is 1. The zero-order valence-corrected chi connectivity index (χ0v) is 16.9. The van der Waals surface area contributed by atoms with Gasteiger partial charge in [0.05, 0.1) is 7.11 Å². The van der Waals surface area contributed by atoms with Gasteiger partial charge < -0.3 is 15.0 Å². The molecule has 0 aliphatic carbocycles. The number of methoxy groups -OCH3 is 1. The third-order valence-electron chi connectivity index (χ3n) is 5.38. The van der Waals surface area contributed by atoms with Gasteiger partial charge in [0.15, 0.2) is 0 Å². The fourth-order valence-electron chi connectivity index (χ4n) is 3.81. The highest BCUT2D eigenvalue weighted by Gasteiger charge is 2.31. The van der Waals surface area contributed by atoms with Crippen molar-refractivity contribution in [1.29, 1.82) is 0 Å². The Labute approximate surface area is 176 Å². The molecule has 0 aromatic heterocycles. The first-order valence-corrected chi connectivity index (χ1v) is 10.1. The number of ether oxygens (including phenoxy) is 1. The number of nitrogens with one attached hydrogen (secondary N) is 1. The molecule has 2 amide bonds. The molecule has 5 nitrogen and oxygen atoms in total. The molecule has 0 unspecified atom stereocenters. The summed E-state index contributed by atoms with van der Waals surface area (Å²) in [7, 11) is 1.58. The van der Waals surface area contributed by atoms with Gasteiger partial charge in [0, 0.05) is 17.8 Å². The Morgan fingerprint density at radius 2 is 1.63 bits per heavy atom. The number of fused-ring (bicyclic) bond motifs is 1. The highest BCUT2D eigenvalue weighted by molar-refractivity contribution is 6.03. The molecule has 0 fully saturated rings. The number of benzene rings is 3. The van der Waals surface area contributed by atoms with Crippen LogP contribution in [0.5, 0.6) is 5.75 Å². The fraction of sp³-hybridized carbons (Fsp3) is 0.200. The smallest absolute Gasteiger partial charge is 0.254 e. The van der Waals surface area contributed by atoms with Crippen molar-refractivity contribution in [2.75, 3.05) is 18.6 Å². The molecule has 1 N–H and O–H groups in total. The molecule has 3 aromatic carbocycles. The van der Waals surface area contributed by atoms with Gasteiger partial charge in [0.25, 0.3) is 11.8 Å². The lowest BCUT2D eigenvalue weighted by atomic mass is 9.99. The van der Waals surface area contributed by atoms with Crippen molar-refractivity contribution in [1.82, 2.24) is 5.32 Å². The van der Waals surface area contributed by atoms with Crippen LogP contribution in [0.3, 0.4) is 0 Å². The summed E-state index contributed by atoms with van der Waals surface area (Å²) >= 11 is 0. The lowest BCUT2D eigenvalue weighted by Gasteiger charge is -2.32. The van der Waals surface area contributed by atoms with Gasteiger partial charge in [0.1, 0.15) is 11.8 Å². The molecule has 1 aliphatic heterocycles. The van der Waals surface area contributed by atoms with Gasteiger partial charge in [-0.3, -0.25) is 9.59 Å². The van der Waals surface area contributed by atoms with E-state index in [1.54, 1.807) is 36.3 Å². The van der Waals surface area contributed by atoms with Crippen LogP contribution >= 0.6 is 0 Å². The van der Waals surface area contributed by atoms with E-state index in [9.17, 15) is 9.59 Å². The third-order valence-corrected chi connectivity index (χ3v) is 5.38. The van der Waals surface area contributed by atoms with Gasteiger partial charge in [-0.05, 0) is 54.3 Å². The van der Waals surface area contributed by atoms with Crippen molar-refractivity contribution in [3.05, 3.63) is 95.6 Å². The van der Waals surface area contributed by atoms with E-state index in [0.29, 0.717) is 17.9 Å². The molecule has 30 heavy (non-hydrogen) atoms. The Balaban J connectivity index is 1.64. The van der Waals surface area contributed by atoms with Crippen molar-refractivity contribution in [3.63, 3.8) is 0 Å². The van der Waals surface area contributed by atoms with E-state index < -0.39 is 6.04 Å². The molecule has 5 heteroatoms. The van der Waals surface area contributed by atoms with E-state index in [0.717, 1.165) is 29.7 Å². The van der Waals surface area contributed by atoms with Crippen LogP contribution in [0.25, 0.3) is 0 Å². The molecule has 0 saturated heterocycles. The van der Waals surface area contributed by atoms with Crippen LogP contribution < -0.4 is 15.0 Å². The molecular weight excluding hydrogens is 376 g/mol. The molecule has 1 heterocycles. The van der Waals surface area contributed by atoms with E-state index in [1.165, 1.54) is 0 Å². The Bertz CT molecular complexity index is 1030. The van der Waals surface area contributed by atoms with E-state index >= 15 is 0 Å². The van der Waals surface area contributed by atoms with Gasteiger partial charge in [-0.15, -0.1) is 0 Å². The first kappa shape index (κ1) is 19.7. The highest BCUT2D eigenvalue weighted by atomic mass is 16.5. The molecule has 3 aromatic rings. The molecule has 0 radical (unpaired) electrons. The predicted molar refractivity (Wildman–Crippen MR) is 117 cm³/mol. The Hall–Kier alpha value is -3.60. The van der Waals surface area contributed by atoms with Gasteiger partial charge in [-0.2, -0.15) is 0 Å². The zero-order valence-electron chi connectivity index (χ0n) is 16.9. The van der Waals surface area contributed by atoms with E-state index in [1.807, 2.05) is 48.5 Å². The lowest BCUT2D eigenvalue weighted by molar-refractivity contribution is -0.120. The van der Waals surface area contributed by atoms with Crippen LogP contribution in [-0.4, -0.2) is 25.5 Å². The molecule has 4 rings (SSSR count). The summed E-state index contributed by atoms with van der Waals surface area (Å²) < 4.78 is 5.16. The van der Waals surface area contributed by atoms with Crippen LogP contribution in [0.2, 0.25) is 0 Å². The molecule has 0 saturated carbocycles. The second-order valence-corrected chi connectivity index (χ2v) is 7.27. The summed E-state index contributed by atoms with van der Waals surface area (Å²) in [5.41, 5.74) is 3.31. The zero-order chi connectivity index (χ0) is 20.9. The second kappa shape index (κ2) is 8.82. The van der Waals surface area contributed by atoms with Gasteiger partial charge in [-0.1, -0.05) is 48.5 Å². The topological polar surface area (TPSA) is 58.6 Å². The van der Waals surface area contributed by atoms with Crippen molar-refractivity contribution >= 4 is 17.5 Å². The second-order valence-electron chi connectivity index (χ2n) is 7.27. The Kier molecular flexibility index (Phi) is 5.80. The van der Waals surface area contributed by atoms with Crippen LogP contribution in [0.1, 0.15) is 33.9 Å². The first-order chi connectivity index (χ1) is 14.7. The minimum Gasteiger partial charge on any atom is -0.497 e. The number of carbonyl (C=O) groups excluding carboxylic acids is 2. The maximum absolute atomic E-state index is 13.6. The summed E-state index contributed by atoms with van der Waals surface area (Å²) in [6.07, 6.45) is 1.85. The van der Waals surface area contributed by atoms with E-state index in [4.69, 9.17) is 4.74 Å². The lowest BCUT2D eigenvalue weighted by Crippen LogP contribution is -2.45. The molecule has 0 spiro atoms. The maximum atomic E-state index is 13.6. The van der Waals surface area contributed by atoms with Crippen LogP contribution in [0.15, 0.2) is 78.9 Å².